The Labute approximate surface area is 115 Å². The summed E-state index contributed by atoms with van der Waals surface area (Å²) >= 11 is 0. The topological polar surface area (TPSA) is 68.7 Å². The summed E-state index contributed by atoms with van der Waals surface area (Å²) in [6.45, 7) is 0. The van der Waals surface area contributed by atoms with Crippen molar-refractivity contribution in [1.82, 2.24) is 10.3 Å². The number of carbonyl (C=O) groups excluding carboxylic acids is 1. The lowest BCUT2D eigenvalue weighted by molar-refractivity contribution is 0.0916. The number of hydrogen-bond acceptors (Lipinski definition) is 2. The maximum atomic E-state index is 13.6. The molecule has 2 N–H and O–H groups in total. The highest BCUT2D eigenvalue weighted by atomic mass is 19.1. The van der Waals surface area contributed by atoms with E-state index >= 15 is 0 Å². The lowest BCUT2D eigenvalue weighted by Gasteiger charge is -2.21. The highest BCUT2D eigenvalue weighted by Crippen LogP contribution is 2.29. The zero-order valence-electron chi connectivity index (χ0n) is 10.9. The van der Waals surface area contributed by atoms with Crippen LogP contribution in [0.3, 0.4) is 0 Å². The van der Waals surface area contributed by atoms with Gasteiger partial charge in [0.1, 0.15) is 17.1 Å². The summed E-state index contributed by atoms with van der Waals surface area (Å²) in [5.41, 5.74) is 0.0895. The Morgan fingerprint density at radius 1 is 1.40 bits per heavy atom. The third-order valence-corrected chi connectivity index (χ3v) is 3.88. The molecule has 5 heteroatoms. The molecule has 1 heterocycles. The van der Waals surface area contributed by atoms with Gasteiger partial charge in [-0.2, -0.15) is 5.26 Å². The number of benzene rings is 1. The second kappa shape index (κ2) is 4.64. The molecule has 1 aliphatic rings. The van der Waals surface area contributed by atoms with Crippen LogP contribution in [-0.4, -0.2) is 16.4 Å². The molecule has 102 valence electrons. The molecule has 20 heavy (non-hydrogen) atoms. The van der Waals surface area contributed by atoms with Gasteiger partial charge in [-0.25, -0.2) is 4.39 Å². The Kier molecular flexibility index (Phi) is 2.94. The van der Waals surface area contributed by atoms with E-state index in [0.29, 0.717) is 23.7 Å². The number of halogens is 1. The molecule has 1 amide bonds. The molecule has 1 saturated carbocycles. The van der Waals surface area contributed by atoms with Crippen LogP contribution in [-0.2, 0) is 0 Å². The zero-order chi connectivity index (χ0) is 14.2. The Bertz CT molecular complexity index is 707. The van der Waals surface area contributed by atoms with Crippen LogP contribution >= 0.6 is 0 Å². The van der Waals surface area contributed by atoms with Crippen LogP contribution in [0.5, 0.6) is 0 Å². The van der Waals surface area contributed by atoms with Crippen molar-refractivity contribution < 1.29 is 9.18 Å². The van der Waals surface area contributed by atoms with Gasteiger partial charge in [0.25, 0.3) is 5.91 Å². The Morgan fingerprint density at radius 2 is 2.15 bits per heavy atom. The minimum absolute atomic E-state index is 0.284. The van der Waals surface area contributed by atoms with Crippen molar-refractivity contribution >= 4 is 16.8 Å². The molecule has 0 bridgehead atoms. The number of amides is 1. The Morgan fingerprint density at radius 3 is 2.80 bits per heavy atom. The molecule has 1 fully saturated rings. The average molecular weight is 271 g/mol. The number of carbonyl (C=O) groups is 1. The molecule has 0 aliphatic heterocycles. The summed E-state index contributed by atoms with van der Waals surface area (Å²) in [6, 6.07) is 8.34. The van der Waals surface area contributed by atoms with Crippen LogP contribution in [0.2, 0.25) is 0 Å². The van der Waals surface area contributed by atoms with Crippen molar-refractivity contribution in [2.75, 3.05) is 0 Å². The minimum atomic E-state index is -0.771. The van der Waals surface area contributed by atoms with Crippen molar-refractivity contribution in [3.8, 4) is 6.07 Å². The van der Waals surface area contributed by atoms with E-state index in [4.69, 9.17) is 0 Å². The van der Waals surface area contributed by atoms with Crippen LogP contribution in [0.1, 0.15) is 36.2 Å². The van der Waals surface area contributed by atoms with Gasteiger partial charge in [0.2, 0.25) is 0 Å². The second-order valence-corrected chi connectivity index (χ2v) is 5.24. The maximum Gasteiger partial charge on any atom is 0.268 e. The first-order valence-corrected chi connectivity index (χ1v) is 6.65. The van der Waals surface area contributed by atoms with Crippen LogP contribution < -0.4 is 5.32 Å². The first kappa shape index (κ1) is 12.7. The molecule has 1 aromatic carbocycles. The number of nitrogens with one attached hydrogen (secondary N) is 2. The first-order chi connectivity index (χ1) is 9.63. The monoisotopic (exact) mass is 271 g/mol. The smallest absolute Gasteiger partial charge is 0.268 e. The SMILES string of the molecule is N#CC1(NC(=O)c2cc3c(F)cccc3[nH]2)CCCC1. The van der Waals surface area contributed by atoms with E-state index in [2.05, 4.69) is 16.4 Å². The highest BCUT2D eigenvalue weighted by Gasteiger charge is 2.35. The fourth-order valence-electron chi connectivity index (χ4n) is 2.77. The third kappa shape index (κ3) is 2.03. The third-order valence-electron chi connectivity index (χ3n) is 3.88. The predicted octanol–water partition coefficient (Wildman–Crippen LogP) is 2.87. The van der Waals surface area contributed by atoms with Crippen LogP contribution in [0, 0.1) is 17.1 Å². The van der Waals surface area contributed by atoms with Crippen LogP contribution in [0.15, 0.2) is 24.3 Å². The summed E-state index contributed by atoms with van der Waals surface area (Å²) in [5.74, 6) is -0.724. The molecule has 3 rings (SSSR count). The fourth-order valence-corrected chi connectivity index (χ4v) is 2.77. The number of H-pyrrole nitrogens is 1. The molecule has 0 spiro atoms. The molecule has 2 aromatic rings. The fraction of sp³-hybridized carbons (Fsp3) is 0.333. The van der Waals surface area contributed by atoms with Gasteiger partial charge in [-0.15, -0.1) is 0 Å². The lowest BCUT2D eigenvalue weighted by Crippen LogP contribution is -2.45. The molecule has 1 aliphatic carbocycles. The maximum absolute atomic E-state index is 13.6. The largest absolute Gasteiger partial charge is 0.350 e. The summed E-state index contributed by atoms with van der Waals surface area (Å²) in [7, 11) is 0. The summed E-state index contributed by atoms with van der Waals surface area (Å²) in [6.07, 6.45) is 3.22. The molecule has 0 saturated heterocycles. The molecular weight excluding hydrogens is 257 g/mol. The second-order valence-electron chi connectivity index (χ2n) is 5.24. The van der Waals surface area contributed by atoms with Gasteiger partial charge in [0.15, 0.2) is 0 Å². The van der Waals surface area contributed by atoms with E-state index < -0.39 is 5.54 Å². The van der Waals surface area contributed by atoms with Crippen molar-refractivity contribution in [2.24, 2.45) is 0 Å². The van der Waals surface area contributed by atoms with Gasteiger partial charge in [-0.1, -0.05) is 6.07 Å². The predicted molar refractivity (Wildman–Crippen MR) is 72.5 cm³/mol. The lowest BCUT2D eigenvalue weighted by atomic mass is 10.00. The van der Waals surface area contributed by atoms with Gasteiger partial charge in [-0.05, 0) is 43.9 Å². The molecule has 0 radical (unpaired) electrons. The van der Waals surface area contributed by atoms with E-state index in [-0.39, 0.29) is 17.4 Å². The van der Waals surface area contributed by atoms with Gasteiger partial charge < -0.3 is 10.3 Å². The van der Waals surface area contributed by atoms with Crippen LogP contribution in [0.4, 0.5) is 4.39 Å². The van der Waals surface area contributed by atoms with E-state index in [1.165, 1.54) is 12.1 Å². The number of aromatic nitrogens is 1. The van der Waals surface area contributed by atoms with Crippen molar-refractivity contribution in [2.45, 2.75) is 31.2 Å². The van der Waals surface area contributed by atoms with Crippen LogP contribution in [0.25, 0.3) is 10.9 Å². The quantitative estimate of drug-likeness (QED) is 0.881. The van der Waals surface area contributed by atoms with Gasteiger partial charge in [0, 0.05) is 10.9 Å². The average Bonchev–Trinajstić information content (AvgIpc) is 3.06. The Balaban J connectivity index is 1.89. The summed E-state index contributed by atoms with van der Waals surface area (Å²) < 4.78 is 13.6. The summed E-state index contributed by atoms with van der Waals surface area (Å²) in [4.78, 5) is 15.1. The van der Waals surface area contributed by atoms with E-state index in [1.54, 1.807) is 12.1 Å². The highest BCUT2D eigenvalue weighted by molar-refractivity contribution is 5.98. The van der Waals surface area contributed by atoms with Crippen molar-refractivity contribution in [1.29, 1.82) is 5.26 Å². The molecule has 0 unspecified atom stereocenters. The number of aromatic amines is 1. The van der Waals surface area contributed by atoms with E-state index in [9.17, 15) is 14.4 Å². The van der Waals surface area contributed by atoms with Gasteiger partial charge in [0.05, 0.1) is 6.07 Å². The number of nitriles is 1. The molecular formula is C15H14FN3O. The van der Waals surface area contributed by atoms with Crippen molar-refractivity contribution in [3.63, 3.8) is 0 Å². The standard InChI is InChI=1S/C15H14FN3O/c16-11-4-3-5-12-10(11)8-13(18-12)14(20)19-15(9-17)6-1-2-7-15/h3-5,8,18H,1-2,6-7H2,(H,19,20). The minimum Gasteiger partial charge on any atom is -0.350 e. The summed E-state index contributed by atoms with van der Waals surface area (Å²) in [5, 5.41) is 12.4. The number of fused-ring (bicyclic) bond motifs is 1. The van der Waals surface area contributed by atoms with E-state index in [0.717, 1.165) is 12.8 Å². The van der Waals surface area contributed by atoms with Gasteiger partial charge in [-0.3, -0.25) is 4.79 Å². The molecule has 0 atom stereocenters. The Hall–Kier alpha value is -2.35. The number of hydrogen-bond donors (Lipinski definition) is 2. The van der Waals surface area contributed by atoms with Gasteiger partial charge >= 0.3 is 0 Å². The number of rotatable bonds is 2. The van der Waals surface area contributed by atoms with E-state index in [1.807, 2.05) is 0 Å². The molecule has 1 aromatic heterocycles. The molecule has 4 nitrogen and oxygen atoms in total. The normalized spacial score (nSPS) is 17.0. The van der Waals surface area contributed by atoms with Crippen molar-refractivity contribution in [3.05, 3.63) is 35.8 Å². The first-order valence-electron chi connectivity index (χ1n) is 6.65. The number of nitrogens with zero attached hydrogens (tertiary/aromatic N) is 1. The zero-order valence-corrected chi connectivity index (χ0v) is 10.9.